The third-order valence-electron chi connectivity index (χ3n) is 8.46. The SMILES string of the molecule is C=C(CN1CCSCC1)C(=O)CC[C@@H](NC(=O)[C@@H](CC(=O)CCC)Cc1nc2ccc(CC)cc2s1)C1CCOCC1. The van der Waals surface area contributed by atoms with Gasteiger partial charge in [0.2, 0.25) is 5.91 Å². The summed E-state index contributed by atoms with van der Waals surface area (Å²) in [5.41, 5.74) is 2.86. The van der Waals surface area contributed by atoms with E-state index in [0.29, 0.717) is 51.0 Å². The number of amides is 1. The molecule has 2 atom stereocenters. The van der Waals surface area contributed by atoms with Crippen molar-refractivity contribution in [1.82, 2.24) is 15.2 Å². The highest BCUT2D eigenvalue weighted by atomic mass is 32.2. The van der Waals surface area contributed by atoms with Gasteiger partial charge in [-0.05, 0) is 55.7 Å². The number of fused-ring (bicyclic) bond motifs is 1. The number of rotatable bonds is 16. The van der Waals surface area contributed by atoms with Crippen LogP contribution in [0.1, 0.15) is 69.4 Å². The highest BCUT2D eigenvalue weighted by molar-refractivity contribution is 7.99. The van der Waals surface area contributed by atoms with Gasteiger partial charge >= 0.3 is 0 Å². The fraction of sp³-hybridized carbons (Fsp3) is 0.636. The number of aromatic nitrogens is 1. The lowest BCUT2D eigenvalue weighted by molar-refractivity contribution is -0.130. The molecule has 0 bridgehead atoms. The summed E-state index contributed by atoms with van der Waals surface area (Å²) in [6.45, 7) is 12.2. The number of nitrogens with one attached hydrogen (secondary N) is 1. The quantitative estimate of drug-likeness (QED) is 0.245. The molecule has 0 aliphatic carbocycles. The summed E-state index contributed by atoms with van der Waals surface area (Å²) in [5.74, 6) is 2.02. The minimum absolute atomic E-state index is 0.0788. The molecule has 1 aromatic heterocycles. The number of Topliss-reactive ketones (excluding diaryl/α,β-unsaturated/α-hetero) is 2. The highest BCUT2D eigenvalue weighted by Crippen LogP contribution is 2.28. The second-order valence-electron chi connectivity index (χ2n) is 11.7. The fourth-order valence-electron chi connectivity index (χ4n) is 5.87. The Morgan fingerprint density at radius 3 is 2.62 bits per heavy atom. The largest absolute Gasteiger partial charge is 0.381 e. The molecule has 1 N–H and O–H groups in total. The van der Waals surface area contributed by atoms with Crippen LogP contribution in [0.3, 0.4) is 0 Å². The molecule has 2 aromatic rings. The minimum atomic E-state index is -0.486. The Morgan fingerprint density at radius 2 is 1.90 bits per heavy atom. The van der Waals surface area contributed by atoms with Gasteiger partial charge in [-0.25, -0.2) is 4.98 Å². The van der Waals surface area contributed by atoms with E-state index in [1.807, 2.05) is 24.8 Å². The Kier molecular flexibility index (Phi) is 13.0. The fourth-order valence-corrected chi connectivity index (χ4v) is 7.96. The van der Waals surface area contributed by atoms with Gasteiger partial charge in [-0.1, -0.05) is 26.5 Å². The number of benzene rings is 1. The van der Waals surface area contributed by atoms with E-state index in [4.69, 9.17) is 9.72 Å². The highest BCUT2D eigenvalue weighted by Gasteiger charge is 2.30. The van der Waals surface area contributed by atoms with Gasteiger partial charge in [-0.2, -0.15) is 11.8 Å². The molecule has 42 heavy (non-hydrogen) atoms. The van der Waals surface area contributed by atoms with Gasteiger partial charge in [-0.15, -0.1) is 11.3 Å². The molecule has 3 heterocycles. The van der Waals surface area contributed by atoms with Crippen molar-refractivity contribution in [2.45, 2.75) is 77.7 Å². The lowest BCUT2D eigenvalue weighted by Crippen LogP contribution is -2.46. The zero-order valence-corrected chi connectivity index (χ0v) is 27.0. The lowest BCUT2D eigenvalue weighted by Gasteiger charge is -2.32. The Hall–Kier alpha value is -2.07. The monoisotopic (exact) mass is 613 g/mol. The van der Waals surface area contributed by atoms with Crippen LogP contribution in [0.4, 0.5) is 0 Å². The van der Waals surface area contributed by atoms with Crippen LogP contribution in [0.15, 0.2) is 30.4 Å². The van der Waals surface area contributed by atoms with Gasteiger partial charge in [0.1, 0.15) is 5.78 Å². The lowest BCUT2D eigenvalue weighted by atomic mass is 9.86. The normalized spacial score (nSPS) is 18.0. The number of hydrogen-bond donors (Lipinski definition) is 1. The average molecular weight is 614 g/mol. The molecule has 2 aliphatic rings. The molecule has 0 spiro atoms. The van der Waals surface area contributed by atoms with E-state index in [1.165, 1.54) is 5.56 Å². The van der Waals surface area contributed by atoms with Gasteiger partial charge in [0.15, 0.2) is 5.78 Å². The number of ether oxygens (including phenoxy) is 1. The number of aryl methyl sites for hydroxylation is 1. The first kappa shape index (κ1) is 32.8. The first-order chi connectivity index (χ1) is 20.4. The van der Waals surface area contributed by atoms with Crippen molar-refractivity contribution in [3.63, 3.8) is 0 Å². The van der Waals surface area contributed by atoms with E-state index in [2.05, 4.69) is 35.9 Å². The van der Waals surface area contributed by atoms with Gasteiger partial charge < -0.3 is 10.1 Å². The Morgan fingerprint density at radius 1 is 1.14 bits per heavy atom. The van der Waals surface area contributed by atoms with Crippen LogP contribution in [-0.4, -0.2) is 77.8 Å². The minimum Gasteiger partial charge on any atom is -0.381 e. The molecule has 2 saturated heterocycles. The predicted molar refractivity (Wildman–Crippen MR) is 173 cm³/mol. The molecule has 9 heteroatoms. The molecule has 1 aromatic carbocycles. The van der Waals surface area contributed by atoms with Crippen LogP contribution >= 0.6 is 23.1 Å². The second-order valence-corrected chi connectivity index (χ2v) is 14.0. The summed E-state index contributed by atoms with van der Waals surface area (Å²) in [5, 5.41) is 4.20. The van der Waals surface area contributed by atoms with Gasteiger partial charge in [0, 0.05) is 81.7 Å². The van der Waals surface area contributed by atoms with Gasteiger partial charge in [0.05, 0.1) is 21.1 Å². The molecule has 0 saturated carbocycles. The van der Waals surface area contributed by atoms with E-state index in [1.54, 1.807) is 11.3 Å². The van der Waals surface area contributed by atoms with Gasteiger partial charge in [0.25, 0.3) is 0 Å². The molecule has 2 aliphatic heterocycles. The summed E-state index contributed by atoms with van der Waals surface area (Å²) < 4.78 is 6.72. The van der Waals surface area contributed by atoms with Crippen molar-refractivity contribution < 1.29 is 19.1 Å². The Bertz CT molecular complexity index is 1220. The standard InChI is InChI=1S/C33H47N3O4S2/c1-4-6-27(37)20-26(21-32-34-29-8-7-24(5-2)19-31(29)42-32)33(39)35-28(25-11-15-40-16-12-25)9-10-30(38)23(3)22-36-13-17-41-18-14-36/h7-8,19,25-26,28H,3-6,9-18,20-22H2,1-2H3,(H,35,39)/t26-,28+/m0/s1. The Labute approximate surface area is 259 Å². The number of nitrogens with zero attached hydrogens (tertiary/aromatic N) is 2. The van der Waals surface area contributed by atoms with Crippen molar-refractivity contribution in [3.8, 4) is 0 Å². The third-order valence-corrected chi connectivity index (χ3v) is 10.4. The molecule has 7 nitrogen and oxygen atoms in total. The van der Waals surface area contributed by atoms with Crippen molar-refractivity contribution in [3.05, 3.63) is 40.9 Å². The molecule has 2 fully saturated rings. The number of carbonyl (C=O) groups is 3. The summed E-state index contributed by atoms with van der Waals surface area (Å²) in [4.78, 5) is 46.8. The van der Waals surface area contributed by atoms with Crippen molar-refractivity contribution in [2.75, 3.05) is 44.4 Å². The van der Waals surface area contributed by atoms with Crippen molar-refractivity contribution in [2.24, 2.45) is 11.8 Å². The number of carbonyl (C=O) groups excluding carboxylic acids is 3. The number of thiazole rings is 1. The predicted octanol–water partition coefficient (Wildman–Crippen LogP) is 5.64. The molecule has 230 valence electrons. The summed E-state index contributed by atoms with van der Waals surface area (Å²) in [7, 11) is 0. The molecule has 1 amide bonds. The smallest absolute Gasteiger partial charge is 0.224 e. The molecule has 0 radical (unpaired) electrons. The molecule has 4 rings (SSSR count). The van der Waals surface area contributed by atoms with Crippen LogP contribution in [0.25, 0.3) is 10.2 Å². The number of hydrogen-bond acceptors (Lipinski definition) is 8. The number of thioether (sulfide) groups is 1. The maximum Gasteiger partial charge on any atom is 0.224 e. The van der Waals surface area contributed by atoms with E-state index in [0.717, 1.165) is 65.5 Å². The Balaban J connectivity index is 1.44. The topological polar surface area (TPSA) is 88.6 Å². The zero-order chi connectivity index (χ0) is 29.9. The molecular weight excluding hydrogens is 567 g/mol. The van der Waals surface area contributed by atoms with Crippen LogP contribution in [0, 0.1) is 11.8 Å². The maximum atomic E-state index is 13.9. The summed E-state index contributed by atoms with van der Waals surface area (Å²) in [6.07, 6.45) is 5.47. The first-order valence-electron chi connectivity index (χ1n) is 15.7. The van der Waals surface area contributed by atoms with E-state index in [-0.39, 0.29) is 35.9 Å². The maximum absolute atomic E-state index is 13.9. The van der Waals surface area contributed by atoms with E-state index < -0.39 is 5.92 Å². The van der Waals surface area contributed by atoms with E-state index >= 15 is 0 Å². The summed E-state index contributed by atoms with van der Waals surface area (Å²) in [6, 6.07) is 6.17. The van der Waals surface area contributed by atoms with Crippen molar-refractivity contribution in [1.29, 1.82) is 0 Å². The van der Waals surface area contributed by atoms with Crippen LogP contribution in [0.2, 0.25) is 0 Å². The van der Waals surface area contributed by atoms with E-state index in [9.17, 15) is 14.4 Å². The van der Waals surface area contributed by atoms with Crippen LogP contribution in [0.5, 0.6) is 0 Å². The third kappa shape index (κ3) is 9.73. The average Bonchev–Trinajstić information content (AvgIpc) is 3.41. The second kappa shape index (κ2) is 16.7. The number of ketones is 2. The van der Waals surface area contributed by atoms with Crippen molar-refractivity contribution >= 4 is 50.8 Å². The first-order valence-corrected chi connectivity index (χ1v) is 17.6. The molecule has 0 unspecified atom stereocenters. The summed E-state index contributed by atoms with van der Waals surface area (Å²) >= 11 is 3.56. The van der Waals surface area contributed by atoms with Gasteiger partial charge in [-0.3, -0.25) is 19.3 Å². The van der Waals surface area contributed by atoms with Crippen LogP contribution < -0.4 is 5.32 Å². The molecular formula is C33H47N3O4S2. The zero-order valence-electron chi connectivity index (χ0n) is 25.3. The van der Waals surface area contributed by atoms with Crippen LogP contribution in [-0.2, 0) is 32.0 Å².